The molecule has 82 valence electrons. The fourth-order valence-electron chi connectivity index (χ4n) is 1.24. The third-order valence-corrected chi connectivity index (χ3v) is 3.09. The highest BCUT2D eigenvalue weighted by Gasteiger charge is 2.08. The van der Waals surface area contributed by atoms with Gasteiger partial charge in [0.15, 0.2) is 0 Å². The van der Waals surface area contributed by atoms with Gasteiger partial charge in [0.05, 0.1) is 0 Å². The van der Waals surface area contributed by atoms with Crippen molar-refractivity contribution in [2.75, 3.05) is 13.6 Å². The standard InChI is InChI=1S/C11H15IN2O/c1-3-13-11(15)14(2)8-9-6-4-5-7-10(9)12/h4-7H,3,8H2,1-2H3,(H,13,15). The molecule has 0 atom stereocenters. The molecular weight excluding hydrogens is 303 g/mol. The van der Waals surface area contributed by atoms with Gasteiger partial charge >= 0.3 is 6.03 Å². The van der Waals surface area contributed by atoms with Gasteiger partial charge in [-0.05, 0) is 41.1 Å². The molecule has 1 N–H and O–H groups in total. The molecule has 0 saturated heterocycles. The van der Waals surface area contributed by atoms with Gasteiger partial charge in [-0.2, -0.15) is 0 Å². The maximum Gasteiger partial charge on any atom is 0.317 e. The first-order valence-corrected chi connectivity index (χ1v) is 5.95. The first-order chi connectivity index (χ1) is 7.15. The molecule has 0 aliphatic rings. The van der Waals surface area contributed by atoms with Crippen molar-refractivity contribution in [3.63, 3.8) is 0 Å². The molecule has 4 heteroatoms. The minimum atomic E-state index is -0.0304. The van der Waals surface area contributed by atoms with Crippen LogP contribution in [-0.4, -0.2) is 24.5 Å². The Kier molecular flexibility index (Phi) is 4.87. The zero-order valence-corrected chi connectivity index (χ0v) is 11.1. The third-order valence-electron chi connectivity index (χ3n) is 2.04. The molecule has 0 spiro atoms. The molecule has 0 aromatic heterocycles. The van der Waals surface area contributed by atoms with Crippen LogP contribution in [0.25, 0.3) is 0 Å². The van der Waals surface area contributed by atoms with E-state index in [-0.39, 0.29) is 6.03 Å². The molecule has 0 radical (unpaired) electrons. The summed E-state index contributed by atoms with van der Waals surface area (Å²) in [4.78, 5) is 13.2. The Balaban J connectivity index is 2.62. The van der Waals surface area contributed by atoms with Crippen LogP contribution in [-0.2, 0) is 6.54 Å². The van der Waals surface area contributed by atoms with E-state index in [0.29, 0.717) is 13.1 Å². The second-order valence-electron chi connectivity index (χ2n) is 3.28. The van der Waals surface area contributed by atoms with Crippen LogP contribution in [0.4, 0.5) is 4.79 Å². The summed E-state index contributed by atoms with van der Waals surface area (Å²) in [6.45, 7) is 3.22. The number of carbonyl (C=O) groups is 1. The number of amides is 2. The second-order valence-corrected chi connectivity index (χ2v) is 4.45. The molecule has 0 bridgehead atoms. The summed E-state index contributed by atoms with van der Waals surface area (Å²) in [5, 5.41) is 2.77. The molecule has 1 aromatic rings. The summed E-state index contributed by atoms with van der Waals surface area (Å²) in [6.07, 6.45) is 0. The molecule has 0 aliphatic carbocycles. The van der Waals surface area contributed by atoms with Crippen LogP contribution in [0.2, 0.25) is 0 Å². The Bertz CT molecular complexity index is 341. The van der Waals surface area contributed by atoms with Gasteiger partial charge in [-0.1, -0.05) is 18.2 Å². The molecule has 0 heterocycles. The molecule has 2 amide bonds. The Morgan fingerprint density at radius 2 is 2.13 bits per heavy atom. The maximum atomic E-state index is 11.5. The van der Waals surface area contributed by atoms with Crippen LogP contribution < -0.4 is 5.32 Å². The highest BCUT2D eigenvalue weighted by Crippen LogP contribution is 2.13. The van der Waals surface area contributed by atoms with Crippen molar-refractivity contribution in [3.05, 3.63) is 33.4 Å². The lowest BCUT2D eigenvalue weighted by Crippen LogP contribution is -2.36. The van der Waals surface area contributed by atoms with Gasteiger partial charge in [-0.15, -0.1) is 0 Å². The average Bonchev–Trinajstić information content (AvgIpc) is 2.21. The Hall–Kier alpha value is -0.780. The van der Waals surface area contributed by atoms with E-state index in [1.54, 1.807) is 11.9 Å². The Morgan fingerprint density at radius 1 is 1.47 bits per heavy atom. The molecule has 0 fully saturated rings. The Labute approximate surface area is 104 Å². The van der Waals surface area contributed by atoms with Crippen molar-refractivity contribution in [2.24, 2.45) is 0 Å². The van der Waals surface area contributed by atoms with Crippen molar-refractivity contribution in [1.29, 1.82) is 0 Å². The fraction of sp³-hybridized carbons (Fsp3) is 0.364. The molecule has 15 heavy (non-hydrogen) atoms. The van der Waals surface area contributed by atoms with Crippen LogP contribution in [0.3, 0.4) is 0 Å². The minimum Gasteiger partial charge on any atom is -0.338 e. The van der Waals surface area contributed by atoms with E-state index in [9.17, 15) is 4.79 Å². The molecule has 0 unspecified atom stereocenters. The largest absolute Gasteiger partial charge is 0.338 e. The van der Waals surface area contributed by atoms with Gasteiger partial charge in [0, 0.05) is 23.7 Å². The maximum absolute atomic E-state index is 11.5. The normalized spacial score (nSPS) is 9.80. The summed E-state index contributed by atoms with van der Waals surface area (Å²) < 4.78 is 1.19. The van der Waals surface area contributed by atoms with Crippen molar-refractivity contribution >= 4 is 28.6 Å². The second kappa shape index (κ2) is 5.95. The monoisotopic (exact) mass is 318 g/mol. The van der Waals surface area contributed by atoms with Gasteiger partial charge in [0.2, 0.25) is 0 Å². The predicted molar refractivity (Wildman–Crippen MR) is 69.7 cm³/mol. The van der Waals surface area contributed by atoms with Crippen molar-refractivity contribution in [2.45, 2.75) is 13.5 Å². The number of hydrogen-bond acceptors (Lipinski definition) is 1. The van der Waals surface area contributed by atoms with E-state index in [4.69, 9.17) is 0 Å². The van der Waals surface area contributed by atoms with Crippen molar-refractivity contribution < 1.29 is 4.79 Å². The van der Waals surface area contributed by atoms with Gasteiger partial charge < -0.3 is 10.2 Å². The van der Waals surface area contributed by atoms with E-state index in [0.717, 1.165) is 0 Å². The summed E-state index contributed by atoms with van der Waals surface area (Å²) >= 11 is 2.28. The first-order valence-electron chi connectivity index (χ1n) is 4.87. The molecule has 3 nitrogen and oxygen atoms in total. The number of benzene rings is 1. The average molecular weight is 318 g/mol. The number of nitrogens with zero attached hydrogens (tertiary/aromatic N) is 1. The summed E-state index contributed by atoms with van der Waals surface area (Å²) in [5.74, 6) is 0. The van der Waals surface area contributed by atoms with Crippen LogP contribution in [0.5, 0.6) is 0 Å². The molecule has 1 aromatic carbocycles. The van der Waals surface area contributed by atoms with Crippen molar-refractivity contribution in [3.8, 4) is 0 Å². The predicted octanol–water partition coefficient (Wildman–Crippen LogP) is 2.45. The summed E-state index contributed by atoms with van der Waals surface area (Å²) in [6, 6.07) is 8.04. The summed E-state index contributed by atoms with van der Waals surface area (Å²) in [5.41, 5.74) is 1.17. The number of halogens is 1. The quantitative estimate of drug-likeness (QED) is 0.853. The number of nitrogens with one attached hydrogen (secondary N) is 1. The Morgan fingerprint density at radius 3 is 2.73 bits per heavy atom. The van der Waals surface area contributed by atoms with Crippen LogP contribution in [0.1, 0.15) is 12.5 Å². The lowest BCUT2D eigenvalue weighted by atomic mass is 10.2. The van der Waals surface area contributed by atoms with E-state index in [1.165, 1.54) is 9.13 Å². The van der Waals surface area contributed by atoms with Crippen LogP contribution >= 0.6 is 22.6 Å². The smallest absolute Gasteiger partial charge is 0.317 e. The van der Waals surface area contributed by atoms with E-state index >= 15 is 0 Å². The third kappa shape index (κ3) is 3.70. The molecule has 0 saturated carbocycles. The van der Waals surface area contributed by atoms with Crippen LogP contribution in [0.15, 0.2) is 24.3 Å². The number of rotatable bonds is 3. The SMILES string of the molecule is CCNC(=O)N(C)Cc1ccccc1I. The van der Waals surface area contributed by atoms with Gasteiger partial charge in [0.1, 0.15) is 0 Å². The van der Waals surface area contributed by atoms with Gasteiger partial charge in [-0.3, -0.25) is 0 Å². The molecular formula is C11H15IN2O. The zero-order valence-electron chi connectivity index (χ0n) is 8.96. The number of urea groups is 1. The van der Waals surface area contributed by atoms with Gasteiger partial charge in [-0.25, -0.2) is 4.79 Å². The van der Waals surface area contributed by atoms with E-state index in [2.05, 4.69) is 27.9 Å². The number of carbonyl (C=O) groups excluding carboxylic acids is 1. The molecule has 1 rings (SSSR count). The zero-order chi connectivity index (χ0) is 11.3. The highest BCUT2D eigenvalue weighted by atomic mass is 127. The molecule has 0 aliphatic heterocycles. The van der Waals surface area contributed by atoms with Crippen molar-refractivity contribution in [1.82, 2.24) is 10.2 Å². The lowest BCUT2D eigenvalue weighted by Gasteiger charge is -2.18. The number of hydrogen-bond donors (Lipinski definition) is 1. The highest BCUT2D eigenvalue weighted by molar-refractivity contribution is 14.1. The topological polar surface area (TPSA) is 32.3 Å². The fourth-order valence-corrected chi connectivity index (χ4v) is 1.80. The van der Waals surface area contributed by atoms with E-state index in [1.807, 2.05) is 31.2 Å². The van der Waals surface area contributed by atoms with Gasteiger partial charge in [0.25, 0.3) is 0 Å². The first kappa shape index (κ1) is 12.3. The van der Waals surface area contributed by atoms with Crippen LogP contribution in [0, 0.1) is 3.57 Å². The minimum absolute atomic E-state index is 0.0304. The van der Waals surface area contributed by atoms with E-state index < -0.39 is 0 Å². The lowest BCUT2D eigenvalue weighted by molar-refractivity contribution is 0.207. The summed E-state index contributed by atoms with van der Waals surface area (Å²) in [7, 11) is 1.80.